The van der Waals surface area contributed by atoms with Gasteiger partial charge in [-0.2, -0.15) is 0 Å². The number of hydrogen-bond acceptors (Lipinski definition) is 4. The third kappa shape index (κ3) is 2.40. The van der Waals surface area contributed by atoms with Crippen LogP contribution in [0.4, 0.5) is 0 Å². The highest BCUT2D eigenvalue weighted by Crippen LogP contribution is 2.31. The van der Waals surface area contributed by atoms with Crippen LogP contribution in [0, 0.1) is 0 Å². The highest BCUT2D eigenvalue weighted by atomic mass is 16.5. The fourth-order valence-electron chi connectivity index (χ4n) is 1.46. The number of pyridine rings is 1. The molecule has 0 atom stereocenters. The lowest BCUT2D eigenvalue weighted by Crippen LogP contribution is -2.03. The Kier molecular flexibility index (Phi) is 3.43. The van der Waals surface area contributed by atoms with E-state index in [2.05, 4.69) is 4.98 Å². The predicted molar refractivity (Wildman–Crippen MR) is 64.3 cm³/mol. The summed E-state index contributed by atoms with van der Waals surface area (Å²) in [6.07, 6.45) is 1.40. The van der Waals surface area contributed by atoms with Crippen molar-refractivity contribution >= 4 is 5.97 Å². The number of hydrogen-bond donors (Lipinski definition) is 1. The summed E-state index contributed by atoms with van der Waals surface area (Å²) in [5.74, 6) is 0.00295. The maximum absolute atomic E-state index is 11.0. The lowest BCUT2D eigenvalue weighted by molar-refractivity contribution is 0.0687. The molecule has 2 rings (SSSR count). The van der Waals surface area contributed by atoms with E-state index in [0.29, 0.717) is 11.5 Å². The summed E-state index contributed by atoms with van der Waals surface area (Å²) >= 11 is 0. The monoisotopic (exact) mass is 245 g/mol. The minimum Gasteiger partial charge on any atom is -0.493 e. The summed E-state index contributed by atoms with van der Waals surface area (Å²) in [5, 5.41) is 9.00. The lowest BCUT2D eigenvalue weighted by atomic mass is 10.3. The van der Waals surface area contributed by atoms with Crippen molar-refractivity contribution in [2.24, 2.45) is 0 Å². The Labute approximate surface area is 104 Å². The number of carboxylic acids is 1. The largest absolute Gasteiger partial charge is 0.493 e. The Morgan fingerprint density at radius 2 is 1.78 bits per heavy atom. The molecule has 2 aromatic rings. The second kappa shape index (κ2) is 5.18. The number of rotatable bonds is 4. The maximum Gasteiger partial charge on any atom is 0.358 e. The van der Waals surface area contributed by atoms with Crippen LogP contribution >= 0.6 is 0 Å². The zero-order chi connectivity index (χ0) is 13.0. The number of ether oxygens (including phenoxy) is 2. The Hall–Kier alpha value is -2.56. The number of carbonyl (C=O) groups is 1. The Bertz CT molecular complexity index is 568. The SMILES string of the molecule is COc1ccccc1Oc1cccnc1C(=O)O. The van der Waals surface area contributed by atoms with Gasteiger partial charge in [-0.3, -0.25) is 0 Å². The van der Waals surface area contributed by atoms with E-state index in [1.165, 1.54) is 13.3 Å². The van der Waals surface area contributed by atoms with Crippen LogP contribution in [-0.4, -0.2) is 23.2 Å². The smallest absolute Gasteiger partial charge is 0.358 e. The Balaban J connectivity index is 2.37. The molecule has 0 spiro atoms. The number of carboxylic acid groups (broad SMARTS) is 1. The molecule has 0 aliphatic rings. The lowest BCUT2D eigenvalue weighted by Gasteiger charge is -2.10. The fourth-order valence-corrected chi connectivity index (χ4v) is 1.46. The van der Waals surface area contributed by atoms with Gasteiger partial charge in [-0.05, 0) is 24.3 Å². The first-order valence-corrected chi connectivity index (χ1v) is 5.21. The van der Waals surface area contributed by atoms with Crippen LogP contribution in [0.15, 0.2) is 42.6 Å². The molecule has 0 saturated heterocycles. The average molecular weight is 245 g/mol. The molecule has 1 heterocycles. The van der Waals surface area contributed by atoms with E-state index in [4.69, 9.17) is 14.6 Å². The van der Waals surface area contributed by atoms with Crippen LogP contribution in [0.25, 0.3) is 0 Å². The minimum absolute atomic E-state index is 0.136. The predicted octanol–water partition coefficient (Wildman–Crippen LogP) is 2.58. The molecule has 0 aliphatic carbocycles. The first kappa shape index (κ1) is 11.9. The van der Waals surface area contributed by atoms with Crippen molar-refractivity contribution in [2.75, 3.05) is 7.11 Å². The van der Waals surface area contributed by atoms with Crippen LogP contribution in [0.5, 0.6) is 17.2 Å². The van der Waals surface area contributed by atoms with Crippen molar-refractivity contribution in [3.05, 3.63) is 48.3 Å². The van der Waals surface area contributed by atoms with Gasteiger partial charge < -0.3 is 14.6 Å². The molecular weight excluding hydrogens is 234 g/mol. The van der Waals surface area contributed by atoms with E-state index in [-0.39, 0.29) is 11.4 Å². The summed E-state index contributed by atoms with van der Waals surface area (Å²) in [4.78, 5) is 14.8. The molecule has 0 saturated carbocycles. The highest BCUT2D eigenvalue weighted by molar-refractivity contribution is 5.88. The summed E-state index contributed by atoms with van der Waals surface area (Å²) in [6, 6.07) is 10.1. The van der Waals surface area contributed by atoms with Gasteiger partial charge in [0.15, 0.2) is 22.9 Å². The summed E-state index contributed by atoms with van der Waals surface area (Å²) < 4.78 is 10.6. The molecule has 0 bridgehead atoms. The van der Waals surface area contributed by atoms with Gasteiger partial charge in [0.1, 0.15) is 0 Å². The number of methoxy groups -OCH3 is 1. The van der Waals surface area contributed by atoms with E-state index >= 15 is 0 Å². The average Bonchev–Trinajstić information content (AvgIpc) is 2.40. The summed E-state index contributed by atoms with van der Waals surface area (Å²) in [6.45, 7) is 0. The normalized spacial score (nSPS) is 9.83. The zero-order valence-electron chi connectivity index (χ0n) is 9.66. The van der Waals surface area contributed by atoms with E-state index in [1.807, 2.05) is 0 Å². The standard InChI is InChI=1S/C13H11NO4/c1-17-9-5-2-3-6-10(9)18-11-7-4-8-14-12(11)13(15)16/h2-8H,1H3,(H,15,16). The van der Waals surface area contributed by atoms with Crippen molar-refractivity contribution in [2.45, 2.75) is 0 Å². The number of nitrogens with zero attached hydrogens (tertiary/aromatic N) is 1. The van der Waals surface area contributed by atoms with Crippen molar-refractivity contribution in [3.8, 4) is 17.2 Å². The van der Waals surface area contributed by atoms with Gasteiger partial charge in [0.2, 0.25) is 0 Å². The van der Waals surface area contributed by atoms with Crippen molar-refractivity contribution in [3.63, 3.8) is 0 Å². The second-order valence-electron chi connectivity index (χ2n) is 3.41. The van der Waals surface area contributed by atoms with Crippen LogP contribution in [-0.2, 0) is 0 Å². The van der Waals surface area contributed by atoms with Crippen molar-refractivity contribution in [1.29, 1.82) is 0 Å². The van der Waals surface area contributed by atoms with Gasteiger partial charge in [0, 0.05) is 6.20 Å². The van der Waals surface area contributed by atoms with Crippen molar-refractivity contribution < 1.29 is 19.4 Å². The molecule has 1 aromatic heterocycles. The molecule has 1 aromatic carbocycles. The van der Waals surface area contributed by atoms with E-state index in [0.717, 1.165) is 0 Å². The van der Waals surface area contributed by atoms with Gasteiger partial charge in [-0.25, -0.2) is 9.78 Å². The van der Waals surface area contributed by atoms with Crippen LogP contribution in [0.2, 0.25) is 0 Å². The topological polar surface area (TPSA) is 68.7 Å². The first-order valence-electron chi connectivity index (χ1n) is 5.21. The van der Waals surface area contributed by atoms with Gasteiger partial charge in [0.25, 0.3) is 0 Å². The number of aromatic nitrogens is 1. The fraction of sp³-hybridized carbons (Fsp3) is 0.0769. The highest BCUT2D eigenvalue weighted by Gasteiger charge is 2.14. The van der Waals surface area contributed by atoms with Crippen LogP contribution in [0.3, 0.4) is 0 Å². The quantitative estimate of drug-likeness (QED) is 0.896. The molecular formula is C13H11NO4. The Morgan fingerprint density at radius 1 is 1.11 bits per heavy atom. The van der Waals surface area contributed by atoms with Gasteiger partial charge >= 0.3 is 5.97 Å². The summed E-state index contributed by atoms with van der Waals surface area (Å²) in [7, 11) is 1.52. The van der Waals surface area contributed by atoms with Crippen LogP contribution < -0.4 is 9.47 Å². The second-order valence-corrected chi connectivity index (χ2v) is 3.41. The molecule has 0 fully saturated rings. The maximum atomic E-state index is 11.0. The molecule has 1 N–H and O–H groups in total. The molecule has 0 radical (unpaired) electrons. The zero-order valence-corrected chi connectivity index (χ0v) is 9.66. The minimum atomic E-state index is -1.14. The van der Waals surface area contributed by atoms with E-state index in [9.17, 15) is 4.79 Å². The van der Waals surface area contributed by atoms with E-state index in [1.54, 1.807) is 36.4 Å². The molecule has 18 heavy (non-hydrogen) atoms. The van der Waals surface area contributed by atoms with Crippen LogP contribution in [0.1, 0.15) is 10.5 Å². The first-order chi connectivity index (χ1) is 8.72. The molecule has 92 valence electrons. The third-order valence-corrected chi connectivity index (χ3v) is 2.26. The van der Waals surface area contributed by atoms with Crippen molar-refractivity contribution in [1.82, 2.24) is 4.98 Å². The van der Waals surface area contributed by atoms with Gasteiger partial charge in [-0.1, -0.05) is 12.1 Å². The third-order valence-electron chi connectivity index (χ3n) is 2.26. The molecule has 5 heteroatoms. The number of para-hydroxylation sites is 2. The molecule has 0 unspecified atom stereocenters. The van der Waals surface area contributed by atoms with E-state index < -0.39 is 5.97 Å². The molecule has 5 nitrogen and oxygen atoms in total. The molecule has 0 amide bonds. The molecule has 0 aliphatic heterocycles. The summed E-state index contributed by atoms with van der Waals surface area (Å²) in [5.41, 5.74) is -0.136. The Morgan fingerprint density at radius 3 is 2.44 bits per heavy atom. The number of aromatic carboxylic acids is 1. The van der Waals surface area contributed by atoms with Gasteiger partial charge in [0.05, 0.1) is 7.11 Å². The van der Waals surface area contributed by atoms with Gasteiger partial charge in [-0.15, -0.1) is 0 Å². The number of benzene rings is 1.